The molecule has 0 unspecified atom stereocenters. The molecule has 0 saturated carbocycles. The zero-order valence-electron chi connectivity index (χ0n) is 8.39. The Kier molecular flexibility index (Phi) is 4.20. The molecular formula is C6H19O2Si3. The molecule has 0 atom stereocenters. The van der Waals surface area contributed by atoms with Gasteiger partial charge in [-0.05, 0) is 39.3 Å². The maximum Gasteiger partial charge on any atom is 0.342 e. The summed E-state index contributed by atoms with van der Waals surface area (Å²) in [5, 5.41) is 0. The molecule has 0 aromatic rings. The Morgan fingerprint density at radius 3 is 1.18 bits per heavy atom. The van der Waals surface area contributed by atoms with E-state index >= 15 is 0 Å². The van der Waals surface area contributed by atoms with Crippen molar-refractivity contribution >= 4 is 26.6 Å². The fourth-order valence-corrected chi connectivity index (χ4v) is 3.25. The van der Waals surface area contributed by atoms with Crippen LogP contribution in [0, 0.1) is 0 Å². The minimum atomic E-state index is -1.32. The molecule has 0 aliphatic rings. The molecule has 0 aromatic carbocycles. The van der Waals surface area contributed by atoms with Gasteiger partial charge in [-0.3, -0.25) is 0 Å². The van der Waals surface area contributed by atoms with Crippen LogP contribution in [0.2, 0.25) is 39.3 Å². The van der Waals surface area contributed by atoms with Crippen molar-refractivity contribution in [1.29, 1.82) is 0 Å². The normalized spacial score (nSPS) is 13.6. The first-order chi connectivity index (χ1) is 4.71. The molecule has 0 bridgehead atoms. The van der Waals surface area contributed by atoms with Crippen LogP contribution in [0.15, 0.2) is 0 Å². The lowest BCUT2D eigenvalue weighted by molar-refractivity contribution is 0.457. The van der Waals surface area contributed by atoms with Crippen LogP contribution in [-0.2, 0) is 8.23 Å². The van der Waals surface area contributed by atoms with Gasteiger partial charge in [-0.1, -0.05) is 0 Å². The van der Waals surface area contributed by atoms with Gasteiger partial charge in [-0.25, -0.2) is 0 Å². The molecule has 0 aromatic heterocycles. The van der Waals surface area contributed by atoms with Crippen LogP contribution >= 0.6 is 0 Å². The van der Waals surface area contributed by atoms with Gasteiger partial charge in [0, 0.05) is 0 Å². The Balaban J connectivity index is 3.44. The smallest absolute Gasteiger partial charge is 0.342 e. The van der Waals surface area contributed by atoms with Gasteiger partial charge in [-0.2, -0.15) is 0 Å². The van der Waals surface area contributed by atoms with E-state index in [1.54, 1.807) is 0 Å². The first-order valence-corrected chi connectivity index (χ1v) is 11.6. The van der Waals surface area contributed by atoms with Gasteiger partial charge in [0.25, 0.3) is 0 Å². The van der Waals surface area contributed by atoms with Crippen LogP contribution in [0.4, 0.5) is 0 Å². The van der Waals surface area contributed by atoms with Crippen molar-refractivity contribution in [3.8, 4) is 0 Å². The van der Waals surface area contributed by atoms with E-state index in [9.17, 15) is 0 Å². The first kappa shape index (κ1) is 11.6. The van der Waals surface area contributed by atoms with Crippen molar-refractivity contribution in [3.05, 3.63) is 0 Å². The van der Waals surface area contributed by atoms with E-state index < -0.39 is 16.6 Å². The second-order valence-electron chi connectivity index (χ2n) is 4.56. The van der Waals surface area contributed by atoms with Crippen molar-refractivity contribution in [2.75, 3.05) is 0 Å². The third-order valence-corrected chi connectivity index (χ3v) is 7.23. The molecule has 5 heteroatoms. The van der Waals surface area contributed by atoms with Crippen LogP contribution in [0.3, 0.4) is 0 Å². The SMILES string of the molecule is C[Si](C)(C)O[SiH]O[Si](C)(C)C. The zero-order chi connectivity index (χ0) is 9.12. The summed E-state index contributed by atoms with van der Waals surface area (Å²) in [6, 6.07) is 0. The van der Waals surface area contributed by atoms with Crippen LogP contribution in [0.25, 0.3) is 0 Å². The molecule has 11 heavy (non-hydrogen) atoms. The molecule has 0 saturated heterocycles. The highest BCUT2D eigenvalue weighted by molar-refractivity contribution is 6.77. The summed E-state index contributed by atoms with van der Waals surface area (Å²) in [6.45, 7) is 13.1. The average Bonchev–Trinajstić information content (AvgIpc) is 1.55. The van der Waals surface area contributed by atoms with E-state index in [1.807, 2.05) is 0 Å². The molecule has 0 heterocycles. The van der Waals surface area contributed by atoms with Crippen molar-refractivity contribution in [2.45, 2.75) is 39.3 Å². The molecule has 0 fully saturated rings. The van der Waals surface area contributed by atoms with E-state index in [0.717, 1.165) is 0 Å². The van der Waals surface area contributed by atoms with E-state index in [4.69, 9.17) is 8.23 Å². The summed E-state index contributed by atoms with van der Waals surface area (Å²) in [6.07, 6.45) is 0. The molecule has 0 rings (SSSR count). The fourth-order valence-electron chi connectivity index (χ4n) is 0.313. The minimum Gasteiger partial charge on any atom is -0.438 e. The molecular weight excluding hydrogens is 188 g/mol. The highest BCUT2D eigenvalue weighted by atomic mass is 28.4. The largest absolute Gasteiger partial charge is 0.438 e. The lowest BCUT2D eigenvalue weighted by Gasteiger charge is -2.21. The Bertz CT molecular complexity index is 100.0. The standard InChI is InChI=1S/C6H19O2Si3/c1-10(2,3)7-9-8-11(4,5)6/h9H,1-6H3. The lowest BCUT2D eigenvalue weighted by Crippen LogP contribution is -2.34. The minimum absolute atomic E-state index is 0.208. The maximum atomic E-state index is 5.64. The molecule has 1 radical (unpaired) electrons. The molecule has 0 amide bonds. The molecule has 2 nitrogen and oxygen atoms in total. The van der Waals surface area contributed by atoms with Gasteiger partial charge < -0.3 is 8.23 Å². The van der Waals surface area contributed by atoms with Crippen LogP contribution < -0.4 is 0 Å². The van der Waals surface area contributed by atoms with Crippen molar-refractivity contribution in [3.63, 3.8) is 0 Å². The van der Waals surface area contributed by atoms with Crippen molar-refractivity contribution < 1.29 is 8.23 Å². The van der Waals surface area contributed by atoms with Gasteiger partial charge in [0.2, 0.25) is 0 Å². The van der Waals surface area contributed by atoms with Gasteiger partial charge in [0.1, 0.15) is 0 Å². The van der Waals surface area contributed by atoms with Gasteiger partial charge in [0.05, 0.1) is 0 Å². The summed E-state index contributed by atoms with van der Waals surface area (Å²) < 4.78 is 11.3. The number of hydrogen-bond donors (Lipinski definition) is 0. The predicted octanol–water partition coefficient (Wildman–Crippen LogP) is 1.96. The van der Waals surface area contributed by atoms with Crippen LogP contribution in [0.5, 0.6) is 0 Å². The summed E-state index contributed by atoms with van der Waals surface area (Å²) in [5.74, 6) is 0. The molecule has 67 valence electrons. The predicted molar refractivity (Wildman–Crippen MR) is 56.0 cm³/mol. The third kappa shape index (κ3) is 10.6. The monoisotopic (exact) mass is 207 g/mol. The van der Waals surface area contributed by atoms with Gasteiger partial charge >= 0.3 is 10.0 Å². The topological polar surface area (TPSA) is 18.5 Å². The maximum absolute atomic E-state index is 5.64. The van der Waals surface area contributed by atoms with E-state index in [-0.39, 0.29) is 10.0 Å². The first-order valence-electron chi connectivity index (χ1n) is 3.88. The second-order valence-corrected chi connectivity index (χ2v) is 15.1. The summed E-state index contributed by atoms with van der Waals surface area (Å²) >= 11 is 0. The van der Waals surface area contributed by atoms with Crippen LogP contribution in [0.1, 0.15) is 0 Å². The average molecular weight is 207 g/mol. The summed E-state index contributed by atoms with van der Waals surface area (Å²) in [4.78, 5) is 0. The van der Waals surface area contributed by atoms with Gasteiger partial charge in [-0.15, -0.1) is 0 Å². The second kappa shape index (κ2) is 3.99. The molecule has 0 spiro atoms. The summed E-state index contributed by atoms with van der Waals surface area (Å²) in [7, 11) is -2.85. The molecule has 0 aliphatic carbocycles. The Labute approximate surface area is 74.6 Å². The fraction of sp³-hybridized carbons (Fsp3) is 1.00. The molecule has 0 aliphatic heterocycles. The Hall–Kier alpha value is 0.571. The third-order valence-electron chi connectivity index (χ3n) is 0.803. The zero-order valence-corrected chi connectivity index (χ0v) is 11.5. The summed E-state index contributed by atoms with van der Waals surface area (Å²) in [5.41, 5.74) is 0. The van der Waals surface area contributed by atoms with E-state index in [0.29, 0.717) is 0 Å². The van der Waals surface area contributed by atoms with E-state index in [1.165, 1.54) is 0 Å². The van der Waals surface area contributed by atoms with Gasteiger partial charge in [0.15, 0.2) is 16.6 Å². The highest BCUT2D eigenvalue weighted by Crippen LogP contribution is 2.05. The van der Waals surface area contributed by atoms with E-state index in [2.05, 4.69) is 39.3 Å². The van der Waals surface area contributed by atoms with Crippen molar-refractivity contribution in [2.24, 2.45) is 0 Å². The lowest BCUT2D eigenvalue weighted by atomic mass is 11.8. The molecule has 0 N–H and O–H groups in total. The number of rotatable bonds is 4. The van der Waals surface area contributed by atoms with Crippen LogP contribution in [-0.4, -0.2) is 26.6 Å². The number of hydrogen-bond acceptors (Lipinski definition) is 2. The Morgan fingerprint density at radius 2 is 1.00 bits per heavy atom. The highest BCUT2D eigenvalue weighted by Gasteiger charge is 2.18. The van der Waals surface area contributed by atoms with Crippen molar-refractivity contribution in [1.82, 2.24) is 0 Å². The Morgan fingerprint density at radius 1 is 0.727 bits per heavy atom. The quantitative estimate of drug-likeness (QED) is 0.656.